The highest BCUT2D eigenvalue weighted by atomic mass is 32.2. The van der Waals surface area contributed by atoms with E-state index in [0.717, 1.165) is 5.56 Å². The minimum atomic E-state index is -3.83. The quantitative estimate of drug-likeness (QED) is 0.509. The number of para-hydroxylation sites is 1. The average molecular weight is 438 g/mol. The maximum Gasteiger partial charge on any atom is 0.335 e. The fourth-order valence-corrected chi connectivity index (χ4v) is 4.57. The van der Waals surface area contributed by atoms with Gasteiger partial charge < -0.3 is 9.84 Å². The first-order chi connectivity index (χ1) is 14.7. The summed E-state index contributed by atoms with van der Waals surface area (Å²) in [5.74, 6) is -0.378. The lowest BCUT2D eigenvalue weighted by Crippen LogP contribution is -2.15. The Morgan fingerprint density at radius 1 is 0.968 bits per heavy atom. The highest BCUT2D eigenvalue weighted by Gasteiger charge is 2.20. The molecule has 0 aliphatic carbocycles. The van der Waals surface area contributed by atoms with Crippen LogP contribution in [0.15, 0.2) is 65.6 Å². The standard InChI is InChI=1S/C24H23NO5S/c1-16-17(2)23(14-13-22(16)30-3)31(28,29)25-21-10-5-4-8-19(21)12-11-18-7-6-9-20(15-18)24(26)27/h4-15,25H,1-3H3,(H,26,27)/b12-11+. The molecule has 3 aromatic carbocycles. The number of aromatic carboxylic acids is 1. The van der Waals surface area contributed by atoms with E-state index in [0.29, 0.717) is 28.1 Å². The number of carboxylic acids is 1. The molecule has 2 N–H and O–H groups in total. The molecule has 0 unspecified atom stereocenters. The largest absolute Gasteiger partial charge is 0.496 e. The van der Waals surface area contributed by atoms with Crippen LogP contribution in [0.1, 0.15) is 32.6 Å². The summed E-state index contributed by atoms with van der Waals surface area (Å²) in [6.45, 7) is 3.56. The molecule has 0 heterocycles. The number of sulfonamides is 1. The van der Waals surface area contributed by atoms with E-state index in [1.165, 1.54) is 12.1 Å². The zero-order chi connectivity index (χ0) is 22.6. The van der Waals surface area contributed by atoms with Crippen molar-refractivity contribution in [3.05, 3.63) is 88.5 Å². The third-order valence-electron chi connectivity index (χ3n) is 4.99. The van der Waals surface area contributed by atoms with Crippen molar-refractivity contribution in [1.82, 2.24) is 0 Å². The number of hydrogen-bond donors (Lipinski definition) is 2. The van der Waals surface area contributed by atoms with E-state index in [4.69, 9.17) is 9.84 Å². The van der Waals surface area contributed by atoms with Gasteiger partial charge in [0, 0.05) is 0 Å². The predicted molar refractivity (Wildman–Crippen MR) is 122 cm³/mol. The van der Waals surface area contributed by atoms with Crippen molar-refractivity contribution in [3.63, 3.8) is 0 Å². The predicted octanol–water partition coefficient (Wildman–Crippen LogP) is 4.98. The van der Waals surface area contributed by atoms with Gasteiger partial charge in [-0.25, -0.2) is 13.2 Å². The van der Waals surface area contributed by atoms with Gasteiger partial charge >= 0.3 is 5.97 Å². The van der Waals surface area contributed by atoms with Crippen LogP contribution in [0.25, 0.3) is 12.2 Å². The van der Waals surface area contributed by atoms with E-state index in [1.807, 2.05) is 6.92 Å². The second-order valence-corrected chi connectivity index (χ2v) is 8.62. The summed E-state index contributed by atoms with van der Waals surface area (Å²) >= 11 is 0. The van der Waals surface area contributed by atoms with Crippen LogP contribution in [0.2, 0.25) is 0 Å². The molecule has 31 heavy (non-hydrogen) atoms. The van der Waals surface area contributed by atoms with Crippen molar-refractivity contribution in [3.8, 4) is 5.75 Å². The Kier molecular flexibility index (Phi) is 6.46. The Bertz CT molecular complexity index is 1260. The summed E-state index contributed by atoms with van der Waals surface area (Å²) in [5.41, 5.74) is 3.32. The monoisotopic (exact) mass is 437 g/mol. The zero-order valence-corrected chi connectivity index (χ0v) is 18.2. The molecule has 0 radical (unpaired) electrons. The number of anilines is 1. The molecule has 0 aromatic heterocycles. The molecule has 0 aliphatic rings. The molecular formula is C24H23NO5S. The first kappa shape index (κ1) is 22.1. The summed E-state index contributed by atoms with van der Waals surface area (Å²) in [4.78, 5) is 11.3. The van der Waals surface area contributed by atoms with E-state index in [9.17, 15) is 13.2 Å². The van der Waals surface area contributed by atoms with Gasteiger partial charge in [-0.3, -0.25) is 4.72 Å². The normalized spacial score (nSPS) is 11.5. The molecule has 3 rings (SSSR count). The van der Waals surface area contributed by atoms with Gasteiger partial charge in [0.05, 0.1) is 23.3 Å². The van der Waals surface area contributed by atoms with E-state index in [1.54, 1.807) is 74.7 Å². The van der Waals surface area contributed by atoms with Crippen LogP contribution in [0.4, 0.5) is 5.69 Å². The van der Waals surface area contributed by atoms with Gasteiger partial charge in [-0.05, 0) is 66.4 Å². The van der Waals surface area contributed by atoms with Crippen LogP contribution in [0, 0.1) is 13.8 Å². The van der Waals surface area contributed by atoms with Crippen molar-refractivity contribution >= 4 is 33.8 Å². The summed E-state index contributed by atoms with van der Waals surface area (Å²) in [5, 5.41) is 9.14. The molecule has 7 heteroatoms. The summed E-state index contributed by atoms with van der Waals surface area (Å²) < 4.78 is 34.1. The Balaban J connectivity index is 1.93. The van der Waals surface area contributed by atoms with Crippen molar-refractivity contribution in [2.24, 2.45) is 0 Å². The lowest BCUT2D eigenvalue weighted by Gasteiger charge is -2.15. The fourth-order valence-electron chi connectivity index (χ4n) is 3.18. The lowest BCUT2D eigenvalue weighted by atomic mass is 10.1. The lowest BCUT2D eigenvalue weighted by molar-refractivity contribution is 0.0697. The highest BCUT2D eigenvalue weighted by Crippen LogP contribution is 2.29. The highest BCUT2D eigenvalue weighted by molar-refractivity contribution is 7.92. The van der Waals surface area contributed by atoms with Crippen LogP contribution < -0.4 is 9.46 Å². The Morgan fingerprint density at radius 3 is 2.42 bits per heavy atom. The van der Waals surface area contributed by atoms with E-state index < -0.39 is 16.0 Å². The van der Waals surface area contributed by atoms with Crippen molar-refractivity contribution in [2.45, 2.75) is 18.7 Å². The number of methoxy groups -OCH3 is 1. The molecule has 0 saturated heterocycles. The summed E-state index contributed by atoms with van der Waals surface area (Å²) in [7, 11) is -2.29. The summed E-state index contributed by atoms with van der Waals surface area (Å²) in [6.07, 6.45) is 3.48. The number of hydrogen-bond acceptors (Lipinski definition) is 4. The molecule has 6 nitrogen and oxygen atoms in total. The van der Waals surface area contributed by atoms with Gasteiger partial charge in [-0.15, -0.1) is 0 Å². The minimum Gasteiger partial charge on any atom is -0.496 e. The molecule has 0 bridgehead atoms. The first-order valence-corrected chi connectivity index (χ1v) is 11.0. The topological polar surface area (TPSA) is 92.7 Å². The van der Waals surface area contributed by atoms with Crippen molar-refractivity contribution in [2.75, 3.05) is 11.8 Å². The molecule has 0 aliphatic heterocycles. The minimum absolute atomic E-state index is 0.179. The van der Waals surface area contributed by atoms with E-state index in [-0.39, 0.29) is 10.5 Å². The smallest absolute Gasteiger partial charge is 0.335 e. The maximum absolute atomic E-state index is 13.1. The van der Waals surface area contributed by atoms with Gasteiger partial charge in [0.1, 0.15) is 5.75 Å². The van der Waals surface area contributed by atoms with Crippen molar-refractivity contribution in [1.29, 1.82) is 0 Å². The second kappa shape index (κ2) is 9.06. The Labute approximate surface area is 181 Å². The van der Waals surface area contributed by atoms with Gasteiger partial charge in [-0.1, -0.05) is 42.5 Å². The summed E-state index contributed by atoms with van der Waals surface area (Å²) in [6, 6.07) is 16.7. The van der Waals surface area contributed by atoms with Gasteiger partial charge in [0.25, 0.3) is 10.0 Å². The van der Waals surface area contributed by atoms with Gasteiger partial charge in [0.15, 0.2) is 0 Å². The Hall–Kier alpha value is -3.58. The van der Waals surface area contributed by atoms with Gasteiger partial charge in [0.2, 0.25) is 0 Å². The maximum atomic E-state index is 13.1. The Morgan fingerprint density at radius 2 is 1.71 bits per heavy atom. The zero-order valence-electron chi connectivity index (χ0n) is 17.4. The number of carboxylic acid groups (broad SMARTS) is 1. The molecule has 160 valence electrons. The number of nitrogens with one attached hydrogen (secondary N) is 1. The number of ether oxygens (including phenoxy) is 1. The van der Waals surface area contributed by atoms with E-state index in [2.05, 4.69) is 4.72 Å². The van der Waals surface area contributed by atoms with Crippen LogP contribution in [0.5, 0.6) is 5.75 Å². The molecule has 3 aromatic rings. The fraction of sp³-hybridized carbons (Fsp3) is 0.125. The van der Waals surface area contributed by atoms with Gasteiger partial charge in [-0.2, -0.15) is 0 Å². The second-order valence-electron chi connectivity index (χ2n) is 6.97. The molecule has 0 fully saturated rings. The molecule has 0 amide bonds. The van der Waals surface area contributed by atoms with Crippen LogP contribution >= 0.6 is 0 Å². The van der Waals surface area contributed by atoms with Crippen LogP contribution in [0.3, 0.4) is 0 Å². The first-order valence-electron chi connectivity index (χ1n) is 9.50. The molecule has 0 saturated carbocycles. The van der Waals surface area contributed by atoms with Crippen LogP contribution in [-0.4, -0.2) is 26.6 Å². The SMILES string of the molecule is COc1ccc(S(=O)(=O)Nc2ccccc2/C=C/c2cccc(C(=O)O)c2)c(C)c1C. The molecular weight excluding hydrogens is 414 g/mol. The number of benzene rings is 3. The average Bonchev–Trinajstić information content (AvgIpc) is 2.74. The third-order valence-corrected chi connectivity index (χ3v) is 6.50. The van der Waals surface area contributed by atoms with E-state index >= 15 is 0 Å². The van der Waals surface area contributed by atoms with Crippen LogP contribution in [-0.2, 0) is 10.0 Å². The van der Waals surface area contributed by atoms with Crippen molar-refractivity contribution < 1.29 is 23.1 Å². The molecule has 0 spiro atoms. The number of rotatable bonds is 7. The number of carbonyl (C=O) groups is 1. The third kappa shape index (κ3) is 4.95. The molecule has 0 atom stereocenters.